The molecule has 0 spiro atoms. The number of hydrogen-bond acceptors (Lipinski definition) is 5. The van der Waals surface area contributed by atoms with Crippen LogP contribution in [0.4, 0.5) is 10.8 Å². The van der Waals surface area contributed by atoms with Crippen LogP contribution in [-0.4, -0.2) is 23.3 Å². The Labute approximate surface area is 141 Å². The highest BCUT2D eigenvalue weighted by Crippen LogP contribution is 2.27. The van der Waals surface area contributed by atoms with Crippen LogP contribution in [0.2, 0.25) is 5.02 Å². The smallest absolute Gasteiger partial charge is 0.231 e. The van der Waals surface area contributed by atoms with Gasteiger partial charge < -0.3 is 10.2 Å². The van der Waals surface area contributed by atoms with Crippen LogP contribution in [0.5, 0.6) is 0 Å². The zero-order valence-corrected chi connectivity index (χ0v) is 13.4. The first-order valence-electron chi connectivity index (χ1n) is 6.79. The molecule has 2 heterocycles. The predicted octanol–water partition coefficient (Wildman–Crippen LogP) is 2.66. The molecule has 2 amide bonds. The van der Waals surface area contributed by atoms with Gasteiger partial charge in [-0.05, 0) is 24.3 Å². The molecule has 6 nitrogen and oxygen atoms in total. The summed E-state index contributed by atoms with van der Waals surface area (Å²) in [5.41, 5.74) is 0.718. The van der Waals surface area contributed by atoms with Gasteiger partial charge in [-0.1, -0.05) is 22.9 Å². The number of nitrogens with zero attached hydrogens (tertiary/aromatic N) is 3. The number of aromatic nitrogens is 1. The summed E-state index contributed by atoms with van der Waals surface area (Å²) < 4.78 is 0. The quantitative estimate of drug-likeness (QED) is 0.925. The molecule has 0 radical (unpaired) electrons. The van der Waals surface area contributed by atoms with Gasteiger partial charge >= 0.3 is 0 Å². The lowest BCUT2D eigenvalue weighted by Gasteiger charge is -2.16. The Kier molecular flexibility index (Phi) is 4.28. The highest BCUT2D eigenvalue weighted by atomic mass is 35.5. The molecule has 1 N–H and O–H groups in total. The third-order valence-electron chi connectivity index (χ3n) is 3.48. The molecule has 1 atom stereocenters. The molecule has 23 heavy (non-hydrogen) atoms. The second kappa shape index (κ2) is 6.36. The minimum atomic E-state index is -0.451. The number of hydrogen-bond donors (Lipinski definition) is 1. The zero-order chi connectivity index (χ0) is 16.4. The van der Waals surface area contributed by atoms with E-state index in [1.54, 1.807) is 29.2 Å². The van der Waals surface area contributed by atoms with E-state index in [1.807, 2.05) is 6.07 Å². The van der Waals surface area contributed by atoms with Gasteiger partial charge in [0.2, 0.25) is 11.8 Å². The summed E-state index contributed by atoms with van der Waals surface area (Å²) in [7, 11) is 0. The molecule has 1 aliphatic heterocycles. The predicted molar refractivity (Wildman–Crippen MR) is 87.4 cm³/mol. The summed E-state index contributed by atoms with van der Waals surface area (Å²) in [6.07, 6.45) is 1.55. The third kappa shape index (κ3) is 3.33. The second-order valence-corrected chi connectivity index (χ2v) is 6.48. The third-order valence-corrected chi connectivity index (χ3v) is 4.55. The van der Waals surface area contributed by atoms with E-state index in [0.717, 1.165) is 17.0 Å². The van der Waals surface area contributed by atoms with Crippen molar-refractivity contribution in [3.05, 3.63) is 40.4 Å². The average molecular weight is 347 g/mol. The number of nitrogens with one attached hydrogen (secondary N) is 1. The first kappa shape index (κ1) is 15.5. The number of anilines is 2. The lowest BCUT2D eigenvalue weighted by Crippen LogP contribution is -2.28. The van der Waals surface area contributed by atoms with E-state index in [2.05, 4.69) is 10.3 Å². The summed E-state index contributed by atoms with van der Waals surface area (Å²) in [6.45, 7) is 0.308. The fraction of sp³-hybridized carbons (Fsp3) is 0.200. The molecule has 8 heteroatoms. The van der Waals surface area contributed by atoms with Crippen molar-refractivity contribution >= 4 is 45.6 Å². The topological polar surface area (TPSA) is 86.1 Å². The van der Waals surface area contributed by atoms with Crippen molar-refractivity contribution in [2.24, 2.45) is 5.92 Å². The summed E-state index contributed by atoms with van der Waals surface area (Å²) in [5.74, 6) is -0.828. The molecule has 116 valence electrons. The Balaban J connectivity index is 1.68. The molecule has 1 unspecified atom stereocenters. The number of benzene rings is 1. The van der Waals surface area contributed by atoms with Crippen molar-refractivity contribution in [3.63, 3.8) is 0 Å². The van der Waals surface area contributed by atoms with Gasteiger partial charge in [0.15, 0.2) is 5.13 Å². The number of amides is 2. The van der Waals surface area contributed by atoms with Crippen LogP contribution in [-0.2, 0) is 9.59 Å². The minimum Gasteiger partial charge on any atom is -0.312 e. The van der Waals surface area contributed by atoms with Gasteiger partial charge in [-0.2, -0.15) is 5.26 Å². The lowest BCUT2D eigenvalue weighted by atomic mass is 10.1. The van der Waals surface area contributed by atoms with Gasteiger partial charge in [0.25, 0.3) is 0 Å². The average Bonchev–Trinajstić information content (AvgIpc) is 3.15. The highest BCUT2D eigenvalue weighted by Gasteiger charge is 2.35. The van der Waals surface area contributed by atoms with Crippen LogP contribution in [0, 0.1) is 17.2 Å². The normalized spacial score (nSPS) is 17.1. The van der Waals surface area contributed by atoms with Gasteiger partial charge in [-0.25, -0.2) is 4.98 Å². The number of carbonyl (C=O) groups excluding carboxylic acids is 2. The van der Waals surface area contributed by atoms with Crippen molar-refractivity contribution in [3.8, 4) is 6.07 Å². The van der Waals surface area contributed by atoms with E-state index in [0.29, 0.717) is 21.6 Å². The monoisotopic (exact) mass is 346 g/mol. The van der Waals surface area contributed by atoms with Gasteiger partial charge in [0.05, 0.1) is 12.1 Å². The fourth-order valence-electron chi connectivity index (χ4n) is 2.34. The minimum absolute atomic E-state index is 0.107. The molecule has 1 saturated heterocycles. The van der Waals surface area contributed by atoms with Gasteiger partial charge in [0, 0.05) is 23.7 Å². The van der Waals surface area contributed by atoms with Crippen LogP contribution in [0.3, 0.4) is 0 Å². The van der Waals surface area contributed by atoms with Crippen molar-refractivity contribution in [2.45, 2.75) is 6.42 Å². The van der Waals surface area contributed by atoms with Crippen LogP contribution in [0.25, 0.3) is 0 Å². The molecule has 1 aromatic carbocycles. The van der Waals surface area contributed by atoms with E-state index >= 15 is 0 Å². The Hall–Kier alpha value is -2.43. The Morgan fingerprint density at radius 2 is 2.17 bits per heavy atom. The van der Waals surface area contributed by atoms with Crippen LogP contribution < -0.4 is 10.2 Å². The van der Waals surface area contributed by atoms with E-state index in [9.17, 15) is 9.59 Å². The number of nitriles is 1. The first-order valence-corrected chi connectivity index (χ1v) is 7.99. The second-order valence-electron chi connectivity index (χ2n) is 5.01. The fourth-order valence-corrected chi connectivity index (χ4v) is 3.09. The number of rotatable bonds is 3. The molecule has 0 aliphatic carbocycles. The number of thiazole rings is 1. The maximum atomic E-state index is 12.3. The first-order chi connectivity index (χ1) is 11.1. The maximum Gasteiger partial charge on any atom is 0.231 e. The molecule has 3 rings (SSSR count). The molecule has 1 fully saturated rings. The summed E-state index contributed by atoms with van der Waals surface area (Å²) in [4.78, 5) is 30.3. The van der Waals surface area contributed by atoms with Gasteiger partial charge in [-0.3, -0.25) is 9.59 Å². The van der Waals surface area contributed by atoms with Crippen molar-refractivity contribution < 1.29 is 9.59 Å². The van der Waals surface area contributed by atoms with Crippen molar-refractivity contribution in [2.75, 3.05) is 16.8 Å². The molecule has 1 aromatic heterocycles. The van der Waals surface area contributed by atoms with Crippen LogP contribution in [0.15, 0.2) is 30.5 Å². The van der Waals surface area contributed by atoms with E-state index in [4.69, 9.17) is 16.9 Å². The zero-order valence-electron chi connectivity index (χ0n) is 11.8. The van der Waals surface area contributed by atoms with Crippen molar-refractivity contribution in [1.29, 1.82) is 5.26 Å². The van der Waals surface area contributed by atoms with Gasteiger partial charge in [0.1, 0.15) is 10.9 Å². The van der Waals surface area contributed by atoms with Crippen LogP contribution in [0.1, 0.15) is 11.3 Å². The number of halogens is 1. The van der Waals surface area contributed by atoms with Crippen molar-refractivity contribution in [1.82, 2.24) is 4.98 Å². The molecule has 1 aliphatic rings. The Bertz CT molecular complexity index is 797. The number of carbonyl (C=O) groups is 2. The largest absolute Gasteiger partial charge is 0.312 e. The standard InChI is InChI=1S/C15H11ClN4O2S/c16-10-1-3-11(4-2-10)20-8-9(5-13(20)21)14(22)19-15-18-7-12(6-17)23-15/h1-4,7,9H,5,8H2,(H,18,19,22). The van der Waals surface area contributed by atoms with E-state index < -0.39 is 5.92 Å². The molecule has 0 saturated carbocycles. The van der Waals surface area contributed by atoms with Gasteiger partial charge in [-0.15, -0.1) is 0 Å². The maximum absolute atomic E-state index is 12.3. The van der Waals surface area contributed by atoms with Crippen LogP contribution >= 0.6 is 22.9 Å². The molecule has 0 bridgehead atoms. The van der Waals surface area contributed by atoms with E-state index in [-0.39, 0.29) is 18.2 Å². The molecular formula is C15H11ClN4O2S. The summed E-state index contributed by atoms with van der Waals surface area (Å²) in [6, 6.07) is 8.87. The summed E-state index contributed by atoms with van der Waals surface area (Å²) >= 11 is 6.94. The SMILES string of the molecule is N#Cc1cnc(NC(=O)C2CC(=O)N(c3ccc(Cl)cc3)C2)s1. The Morgan fingerprint density at radius 1 is 1.43 bits per heavy atom. The Morgan fingerprint density at radius 3 is 2.83 bits per heavy atom. The molecule has 2 aromatic rings. The summed E-state index contributed by atoms with van der Waals surface area (Å²) in [5, 5.41) is 12.4. The lowest BCUT2D eigenvalue weighted by molar-refractivity contribution is -0.122. The molecular weight excluding hydrogens is 336 g/mol. The highest BCUT2D eigenvalue weighted by molar-refractivity contribution is 7.16. The van der Waals surface area contributed by atoms with E-state index in [1.165, 1.54) is 6.20 Å².